The molecule has 8 heteroatoms. The van der Waals surface area contributed by atoms with Crippen molar-refractivity contribution in [2.75, 3.05) is 27.2 Å². The maximum Gasteiger partial charge on any atom is 0.230 e. The molecule has 2 aromatic rings. The second-order valence-corrected chi connectivity index (χ2v) is 8.60. The lowest BCUT2D eigenvalue weighted by atomic mass is 9.84. The third kappa shape index (κ3) is 5.42. The molecule has 0 aliphatic heterocycles. The molecule has 2 heterocycles. The molecule has 0 atom stereocenters. The average molecular weight is 426 g/mol. The number of pyridine rings is 1. The average Bonchev–Trinajstić information content (AvgIpc) is 3.36. The molecule has 168 valence electrons. The van der Waals surface area contributed by atoms with Gasteiger partial charge in [-0.1, -0.05) is 18.9 Å². The van der Waals surface area contributed by atoms with Crippen molar-refractivity contribution < 1.29 is 4.79 Å². The van der Waals surface area contributed by atoms with E-state index in [0.29, 0.717) is 13.1 Å². The fraction of sp³-hybridized carbons (Fsp3) is 0.565. The predicted octanol–water partition coefficient (Wildman–Crippen LogP) is 2.59. The minimum atomic E-state index is -0.331. The standard InChI is InChI=1S/C23H35N7O/c1-6-24-22(27-16-23(11-7-8-12-23)21(31)29(4)5)26-15-19-9-10-20(25-14-19)30-18(3)13-17(2)28-30/h9-10,13-14H,6-8,11-12,15-16H2,1-5H3,(H2,24,26,27). The Morgan fingerprint density at radius 2 is 1.97 bits per heavy atom. The smallest absolute Gasteiger partial charge is 0.230 e. The van der Waals surface area contributed by atoms with E-state index in [4.69, 9.17) is 4.99 Å². The van der Waals surface area contributed by atoms with Crippen LogP contribution in [0.25, 0.3) is 5.82 Å². The highest BCUT2D eigenvalue weighted by molar-refractivity contribution is 5.85. The minimum absolute atomic E-state index is 0.206. The molecule has 0 bridgehead atoms. The summed E-state index contributed by atoms with van der Waals surface area (Å²) in [6.45, 7) is 7.91. The van der Waals surface area contributed by atoms with Crippen molar-refractivity contribution in [3.63, 3.8) is 0 Å². The van der Waals surface area contributed by atoms with Gasteiger partial charge in [0.1, 0.15) is 0 Å². The number of carbonyl (C=O) groups excluding carboxylic acids is 1. The van der Waals surface area contributed by atoms with Gasteiger partial charge in [0.15, 0.2) is 11.8 Å². The van der Waals surface area contributed by atoms with Gasteiger partial charge in [-0.3, -0.25) is 4.79 Å². The van der Waals surface area contributed by atoms with Crippen LogP contribution in [0.15, 0.2) is 29.4 Å². The third-order valence-corrected chi connectivity index (χ3v) is 5.81. The van der Waals surface area contributed by atoms with Crippen LogP contribution in [0.4, 0.5) is 0 Å². The Bertz CT molecular complexity index is 909. The zero-order chi connectivity index (χ0) is 22.4. The molecule has 0 radical (unpaired) electrons. The second kappa shape index (κ2) is 9.94. The van der Waals surface area contributed by atoms with E-state index in [1.807, 2.05) is 63.9 Å². The van der Waals surface area contributed by atoms with Crippen molar-refractivity contribution in [3.8, 4) is 5.82 Å². The van der Waals surface area contributed by atoms with Gasteiger partial charge in [0.25, 0.3) is 0 Å². The van der Waals surface area contributed by atoms with E-state index in [9.17, 15) is 4.79 Å². The number of hydrogen-bond donors (Lipinski definition) is 2. The Hall–Kier alpha value is -2.90. The number of nitrogens with zero attached hydrogens (tertiary/aromatic N) is 5. The SMILES string of the molecule is CCNC(=NCc1ccc(-n2nc(C)cc2C)nc1)NCC1(C(=O)N(C)C)CCCC1. The van der Waals surface area contributed by atoms with Crippen molar-refractivity contribution in [2.45, 2.75) is 53.0 Å². The quantitative estimate of drug-likeness (QED) is 0.526. The normalized spacial score (nSPS) is 15.7. The van der Waals surface area contributed by atoms with Crippen LogP contribution in [0.2, 0.25) is 0 Å². The third-order valence-electron chi connectivity index (χ3n) is 5.81. The summed E-state index contributed by atoms with van der Waals surface area (Å²) < 4.78 is 1.84. The largest absolute Gasteiger partial charge is 0.357 e. The molecule has 1 aliphatic rings. The van der Waals surface area contributed by atoms with E-state index in [2.05, 4.69) is 20.7 Å². The maximum absolute atomic E-state index is 12.8. The number of hydrogen-bond acceptors (Lipinski definition) is 4. The number of rotatable bonds is 7. The Balaban J connectivity index is 1.66. The van der Waals surface area contributed by atoms with Gasteiger partial charge in [0.2, 0.25) is 5.91 Å². The molecule has 3 rings (SSSR count). The van der Waals surface area contributed by atoms with Crippen LogP contribution in [0.1, 0.15) is 49.6 Å². The lowest BCUT2D eigenvalue weighted by molar-refractivity contribution is -0.138. The van der Waals surface area contributed by atoms with Gasteiger partial charge < -0.3 is 15.5 Å². The molecule has 0 aromatic carbocycles. The lowest BCUT2D eigenvalue weighted by Crippen LogP contribution is -2.49. The van der Waals surface area contributed by atoms with Gasteiger partial charge >= 0.3 is 0 Å². The Morgan fingerprint density at radius 1 is 1.23 bits per heavy atom. The van der Waals surface area contributed by atoms with Crippen LogP contribution in [0, 0.1) is 19.3 Å². The molecule has 2 N–H and O–H groups in total. The van der Waals surface area contributed by atoms with Crippen molar-refractivity contribution >= 4 is 11.9 Å². The number of amides is 1. The zero-order valence-corrected chi connectivity index (χ0v) is 19.4. The molecule has 0 saturated heterocycles. The van der Waals surface area contributed by atoms with Crippen molar-refractivity contribution in [2.24, 2.45) is 10.4 Å². The molecule has 1 fully saturated rings. The molecule has 8 nitrogen and oxygen atoms in total. The summed E-state index contributed by atoms with van der Waals surface area (Å²) in [6, 6.07) is 6.03. The topological polar surface area (TPSA) is 87.4 Å². The van der Waals surface area contributed by atoms with Crippen LogP contribution in [-0.2, 0) is 11.3 Å². The highest BCUT2D eigenvalue weighted by Crippen LogP contribution is 2.38. The second-order valence-electron chi connectivity index (χ2n) is 8.60. The zero-order valence-electron chi connectivity index (χ0n) is 19.4. The summed E-state index contributed by atoms with van der Waals surface area (Å²) in [5, 5.41) is 11.2. The van der Waals surface area contributed by atoms with E-state index in [1.165, 1.54) is 0 Å². The molecular weight excluding hydrogens is 390 g/mol. The number of aliphatic imine (C=N–C) groups is 1. The highest BCUT2D eigenvalue weighted by atomic mass is 16.2. The maximum atomic E-state index is 12.8. The van der Waals surface area contributed by atoms with E-state index in [-0.39, 0.29) is 11.3 Å². The summed E-state index contributed by atoms with van der Waals surface area (Å²) in [5.41, 5.74) is 2.72. The number of guanidine groups is 1. The predicted molar refractivity (Wildman–Crippen MR) is 123 cm³/mol. The Labute approximate surface area is 185 Å². The van der Waals surface area contributed by atoms with Crippen molar-refractivity contribution in [1.82, 2.24) is 30.3 Å². The van der Waals surface area contributed by atoms with Gasteiger partial charge in [-0.2, -0.15) is 5.10 Å². The summed E-state index contributed by atoms with van der Waals surface area (Å²) in [4.78, 5) is 23.8. The fourth-order valence-electron chi connectivity index (χ4n) is 4.25. The number of aromatic nitrogens is 3. The molecule has 31 heavy (non-hydrogen) atoms. The summed E-state index contributed by atoms with van der Waals surface area (Å²) in [6.07, 6.45) is 5.89. The van der Waals surface area contributed by atoms with Crippen LogP contribution in [0.5, 0.6) is 0 Å². The van der Waals surface area contributed by atoms with E-state index in [1.54, 1.807) is 4.90 Å². The lowest BCUT2D eigenvalue weighted by Gasteiger charge is -2.31. The number of nitrogens with one attached hydrogen (secondary N) is 2. The van der Waals surface area contributed by atoms with Crippen LogP contribution in [0.3, 0.4) is 0 Å². The molecule has 1 aliphatic carbocycles. The number of carbonyl (C=O) groups is 1. The van der Waals surface area contributed by atoms with Crippen molar-refractivity contribution in [1.29, 1.82) is 0 Å². The van der Waals surface area contributed by atoms with Gasteiger partial charge in [0, 0.05) is 39.1 Å². The van der Waals surface area contributed by atoms with Crippen LogP contribution in [-0.4, -0.2) is 58.7 Å². The monoisotopic (exact) mass is 425 g/mol. The number of aryl methyl sites for hydroxylation is 2. The van der Waals surface area contributed by atoms with E-state index in [0.717, 1.165) is 61.0 Å². The highest BCUT2D eigenvalue weighted by Gasteiger charge is 2.42. The Kier molecular flexibility index (Phi) is 7.30. The van der Waals surface area contributed by atoms with Crippen LogP contribution >= 0.6 is 0 Å². The van der Waals surface area contributed by atoms with E-state index < -0.39 is 0 Å². The first-order valence-electron chi connectivity index (χ1n) is 11.1. The Morgan fingerprint density at radius 3 is 2.52 bits per heavy atom. The van der Waals surface area contributed by atoms with E-state index >= 15 is 0 Å². The van der Waals surface area contributed by atoms with Crippen LogP contribution < -0.4 is 10.6 Å². The fourth-order valence-corrected chi connectivity index (χ4v) is 4.25. The van der Waals surface area contributed by atoms with Gasteiger partial charge in [-0.25, -0.2) is 14.7 Å². The first-order valence-corrected chi connectivity index (χ1v) is 11.1. The molecule has 0 spiro atoms. The molecule has 1 saturated carbocycles. The summed E-state index contributed by atoms with van der Waals surface area (Å²) >= 11 is 0. The van der Waals surface area contributed by atoms with Crippen molar-refractivity contribution in [3.05, 3.63) is 41.3 Å². The van der Waals surface area contributed by atoms with Gasteiger partial charge in [-0.05, 0) is 51.3 Å². The molecule has 2 aromatic heterocycles. The molecular formula is C23H35N7O. The first-order chi connectivity index (χ1) is 14.8. The molecule has 1 amide bonds. The van der Waals surface area contributed by atoms with Gasteiger partial charge in [-0.15, -0.1) is 0 Å². The molecule has 0 unspecified atom stereocenters. The van der Waals surface area contributed by atoms with Gasteiger partial charge in [0.05, 0.1) is 17.7 Å². The summed E-state index contributed by atoms with van der Waals surface area (Å²) in [5.74, 6) is 1.73. The minimum Gasteiger partial charge on any atom is -0.357 e. The first kappa shape index (κ1) is 22.8. The summed E-state index contributed by atoms with van der Waals surface area (Å²) in [7, 11) is 3.68.